The normalized spacial score (nSPS) is 10.3. The Hall–Kier alpha value is -3.09. The lowest BCUT2D eigenvalue weighted by Crippen LogP contribution is -2.26. The highest BCUT2D eigenvalue weighted by molar-refractivity contribution is 5.94. The van der Waals surface area contributed by atoms with Gasteiger partial charge in [-0.3, -0.25) is 14.9 Å². The second-order valence-corrected chi connectivity index (χ2v) is 6.05. The minimum atomic E-state index is -0.458. The molecule has 7 nitrogen and oxygen atoms in total. The maximum atomic E-state index is 12.7. The van der Waals surface area contributed by atoms with Gasteiger partial charge in [-0.05, 0) is 49.2 Å². The number of rotatable bonds is 6. The first-order valence-corrected chi connectivity index (χ1v) is 8.00. The standard InChI is InChI=1S/C19H22N2O5/c1-12-9-17(25-4)18(26-5)10-15(12)11-20(3)19(22)14-6-7-16(21(23)24)13(2)8-14/h6-10H,11H2,1-5H3. The van der Waals surface area contributed by atoms with E-state index in [1.807, 2.05) is 19.1 Å². The molecule has 2 aromatic rings. The summed E-state index contributed by atoms with van der Waals surface area (Å²) in [6.45, 7) is 3.93. The average molecular weight is 358 g/mol. The summed E-state index contributed by atoms with van der Waals surface area (Å²) >= 11 is 0. The molecule has 0 aliphatic heterocycles. The zero-order chi connectivity index (χ0) is 19.4. The molecule has 0 bridgehead atoms. The number of hydrogen-bond donors (Lipinski definition) is 0. The number of nitrogens with zero attached hydrogens (tertiary/aromatic N) is 2. The highest BCUT2D eigenvalue weighted by atomic mass is 16.6. The van der Waals surface area contributed by atoms with E-state index in [4.69, 9.17) is 9.47 Å². The Morgan fingerprint density at radius 3 is 2.23 bits per heavy atom. The summed E-state index contributed by atoms with van der Waals surface area (Å²) in [6.07, 6.45) is 0. The predicted octanol–water partition coefficient (Wildman–Crippen LogP) is 3.50. The van der Waals surface area contributed by atoms with Crippen molar-refractivity contribution in [1.82, 2.24) is 4.90 Å². The van der Waals surface area contributed by atoms with E-state index in [9.17, 15) is 14.9 Å². The summed E-state index contributed by atoms with van der Waals surface area (Å²) in [7, 11) is 4.82. The molecule has 0 aliphatic rings. The van der Waals surface area contributed by atoms with Crippen molar-refractivity contribution in [3.8, 4) is 11.5 Å². The number of hydrogen-bond acceptors (Lipinski definition) is 5. The van der Waals surface area contributed by atoms with Gasteiger partial charge in [0.1, 0.15) is 0 Å². The van der Waals surface area contributed by atoms with Crippen molar-refractivity contribution >= 4 is 11.6 Å². The van der Waals surface area contributed by atoms with Crippen LogP contribution in [0.2, 0.25) is 0 Å². The smallest absolute Gasteiger partial charge is 0.272 e. The maximum Gasteiger partial charge on any atom is 0.272 e. The molecule has 0 aromatic heterocycles. The molecule has 138 valence electrons. The van der Waals surface area contributed by atoms with Crippen molar-refractivity contribution in [3.63, 3.8) is 0 Å². The number of nitro groups is 1. The highest BCUT2D eigenvalue weighted by Gasteiger charge is 2.18. The Morgan fingerprint density at radius 1 is 1.08 bits per heavy atom. The lowest BCUT2D eigenvalue weighted by atomic mass is 10.1. The predicted molar refractivity (Wildman–Crippen MR) is 97.9 cm³/mol. The van der Waals surface area contributed by atoms with Crippen LogP contribution in [-0.2, 0) is 6.54 Å². The highest BCUT2D eigenvalue weighted by Crippen LogP contribution is 2.31. The van der Waals surface area contributed by atoms with Crippen LogP contribution < -0.4 is 9.47 Å². The van der Waals surface area contributed by atoms with E-state index in [0.29, 0.717) is 29.2 Å². The largest absolute Gasteiger partial charge is 0.493 e. The number of amides is 1. The van der Waals surface area contributed by atoms with Gasteiger partial charge >= 0.3 is 0 Å². The van der Waals surface area contributed by atoms with Gasteiger partial charge in [0.25, 0.3) is 11.6 Å². The minimum Gasteiger partial charge on any atom is -0.493 e. The molecule has 2 aromatic carbocycles. The van der Waals surface area contributed by atoms with Crippen LogP contribution in [0.25, 0.3) is 0 Å². The zero-order valence-corrected chi connectivity index (χ0v) is 15.5. The molecule has 0 N–H and O–H groups in total. The fraction of sp³-hybridized carbons (Fsp3) is 0.316. The first kappa shape index (κ1) is 19.2. The fourth-order valence-corrected chi connectivity index (χ4v) is 2.73. The number of ether oxygens (including phenoxy) is 2. The third-order valence-corrected chi connectivity index (χ3v) is 4.24. The van der Waals surface area contributed by atoms with Crippen LogP contribution >= 0.6 is 0 Å². The molecule has 0 atom stereocenters. The maximum absolute atomic E-state index is 12.7. The molecule has 1 amide bonds. The van der Waals surface area contributed by atoms with Gasteiger partial charge in [0, 0.05) is 30.8 Å². The van der Waals surface area contributed by atoms with E-state index in [-0.39, 0.29) is 11.6 Å². The number of benzene rings is 2. The molecule has 0 spiro atoms. The van der Waals surface area contributed by atoms with Crippen molar-refractivity contribution in [2.75, 3.05) is 21.3 Å². The van der Waals surface area contributed by atoms with Crippen LogP contribution in [0.15, 0.2) is 30.3 Å². The second-order valence-electron chi connectivity index (χ2n) is 6.05. The lowest BCUT2D eigenvalue weighted by Gasteiger charge is -2.20. The van der Waals surface area contributed by atoms with Crippen molar-refractivity contribution in [1.29, 1.82) is 0 Å². The van der Waals surface area contributed by atoms with Gasteiger partial charge < -0.3 is 14.4 Å². The van der Waals surface area contributed by atoms with Crippen molar-refractivity contribution in [3.05, 3.63) is 62.7 Å². The first-order valence-electron chi connectivity index (χ1n) is 8.00. The molecule has 0 radical (unpaired) electrons. The molecule has 7 heteroatoms. The summed E-state index contributed by atoms with van der Waals surface area (Å²) in [5.41, 5.74) is 2.77. The van der Waals surface area contributed by atoms with Crippen LogP contribution in [0, 0.1) is 24.0 Å². The van der Waals surface area contributed by atoms with Gasteiger partial charge in [-0.1, -0.05) is 0 Å². The third kappa shape index (κ3) is 3.93. The van der Waals surface area contributed by atoms with Gasteiger partial charge in [0.2, 0.25) is 0 Å². The van der Waals surface area contributed by atoms with E-state index < -0.39 is 4.92 Å². The van der Waals surface area contributed by atoms with E-state index in [1.54, 1.807) is 39.2 Å². The lowest BCUT2D eigenvalue weighted by molar-refractivity contribution is -0.385. The Morgan fingerprint density at radius 2 is 1.69 bits per heavy atom. The molecule has 0 saturated heterocycles. The Labute approximate surface area is 152 Å². The molecular weight excluding hydrogens is 336 g/mol. The summed E-state index contributed by atoms with van der Waals surface area (Å²) in [5, 5.41) is 10.9. The van der Waals surface area contributed by atoms with Crippen LogP contribution in [0.1, 0.15) is 27.0 Å². The fourth-order valence-electron chi connectivity index (χ4n) is 2.73. The molecule has 0 unspecified atom stereocenters. The Balaban J connectivity index is 2.24. The van der Waals surface area contributed by atoms with Crippen molar-refractivity contribution in [2.45, 2.75) is 20.4 Å². The number of aryl methyl sites for hydroxylation is 2. The molecule has 0 fully saturated rings. The van der Waals surface area contributed by atoms with Gasteiger partial charge in [-0.2, -0.15) is 0 Å². The van der Waals surface area contributed by atoms with Gasteiger partial charge in [0.15, 0.2) is 11.5 Å². The molecule has 0 heterocycles. The molecular formula is C19H22N2O5. The van der Waals surface area contributed by atoms with E-state index in [1.165, 1.54) is 12.1 Å². The van der Waals surface area contributed by atoms with Gasteiger partial charge in [0.05, 0.1) is 19.1 Å². The van der Waals surface area contributed by atoms with Crippen LogP contribution in [-0.4, -0.2) is 37.0 Å². The van der Waals surface area contributed by atoms with E-state index >= 15 is 0 Å². The zero-order valence-electron chi connectivity index (χ0n) is 15.5. The number of carbonyl (C=O) groups excluding carboxylic acids is 1. The van der Waals surface area contributed by atoms with Crippen molar-refractivity contribution < 1.29 is 19.2 Å². The summed E-state index contributed by atoms with van der Waals surface area (Å²) in [5.74, 6) is 1.02. The Bertz CT molecular complexity index is 848. The molecule has 0 saturated carbocycles. The minimum absolute atomic E-state index is 0.0000572. The molecule has 0 aliphatic carbocycles. The Kier molecular flexibility index (Phi) is 5.82. The summed E-state index contributed by atoms with van der Waals surface area (Å²) < 4.78 is 10.6. The monoisotopic (exact) mass is 358 g/mol. The first-order chi connectivity index (χ1) is 12.3. The third-order valence-electron chi connectivity index (χ3n) is 4.24. The van der Waals surface area contributed by atoms with Gasteiger partial charge in [-0.25, -0.2) is 0 Å². The topological polar surface area (TPSA) is 81.9 Å². The number of nitro benzene ring substituents is 1. The van der Waals surface area contributed by atoms with Crippen LogP contribution in [0.3, 0.4) is 0 Å². The summed E-state index contributed by atoms with van der Waals surface area (Å²) in [6, 6.07) is 8.09. The van der Waals surface area contributed by atoms with Crippen LogP contribution in [0.5, 0.6) is 11.5 Å². The van der Waals surface area contributed by atoms with Crippen molar-refractivity contribution in [2.24, 2.45) is 0 Å². The average Bonchev–Trinajstić information content (AvgIpc) is 2.61. The second kappa shape index (κ2) is 7.86. The molecule has 26 heavy (non-hydrogen) atoms. The summed E-state index contributed by atoms with van der Waals surface area (Å²) in [4.78, 5) is 24.7. The number of carbonyl (C=O) groups is 1. The van der Waals surface area contributed by atoms with E-state index in [2.05, 4.69) is 0 Å². The SMILES string of the molecule is COc1cc(C)c(CN(C)C(=O)c2ccc([N+](=O)[O-])c(C)c2)cc1OC. The van der Waals surface area contributed by atoms with Gasteiger partial charge in [-0.15, -0.1) is 0 Å². The van der Waals surface area contributed by atoms with E-state index in [0.717, 1.165) is 11.1 Å². The van der Waals surface area contributed by atoms with Crippen LogP contribution in [0.4, 0.5) is 5.69 Å². The number of methoxy groups -OCH3 is 2. The quantitative estimate of drug-likeness (QED) is 0.583. The molecule has 2 rings (SSSR count).